The first-order valence-electron chi connectivity index (χ1n) is 6.18. The van der Waals surface area contributed by atoms with Crippen molar-refractivity contribution >= 4 is 5.84 Å². The van der Waals surface area contributed by atoms with Crippen LogP contribution in [-0.2, 0) is 4.74 Å². The molecule has 0 aliphatic heterocycles. The molecule has 0 aromatic rings. The number of nitrogens with one attached hydrogen (secondary N) is 1. The second-order valence-electron chi connectivity index (χ2n) is 5.41. The molecule has 1 aliphatic carbocycles. The van der Waals surface area contributed by atoms with Gasteiger partial charge in [-0.1, -0.05) is 19.3 Å². The summed E-state index contributed by atoms with van der Waals surface area (Å²) in [5.74, 6) is 6.22. The summed E-state index contributed by atoms with van der Waals surface area (Å²) in [6.07, 6.45) is 6.27. The average molecular weight is 227 g/mol. The van der Waals surface area contributed by atoms with Gasteiger partial charge < -0.3 is 10.2 Å². The second-order valence-corrected chi connectivity index (χ2v) is 5.41. The average Bonchev–Trinajstić information content (AvgIpc) is 2.24. The summed E-state index contributed by atoms with van der Waals surface area (Å²) in [5.41, 5.74) is 2.50. The first-order chi connectivity index (χ1) is 7.51. The SMILES string of the molecule is CC(C)(C)OCC(=NC1CCCCC1)NN. The summed E-state index contributed by atoms with van der Waals surface area (Å²) >= 11 is 0. The van der Waals surface area contributed by atoms with E-state index in [2.05, 4.69) is 10.4 Å². The topological polar surface area (TPSA) is 59.6 Å². The molecule has 1 fully saturated rings. The molecule has 0 amide bonds. The lowest BCUT2D eigenvalue weighted by Crippen LogP contribution is -2.37. The molecule has 0 bridgehead atoms. The van der Waals surface area contributed by atoms with Crippen LogP contribution < -0.4 is 11.3 Å². The fourth-order valence-electron chi connectivity index (χ4n) is 1.83. The minimum atomic E-state index is -0.149. The molecule has 4 nitrogen and oxygen atoms in total. The fraction of sp³-hybridized carbons (Fsp3) is 0.917. The second kappa shape index (κ2) is 6.21. The quantitative estimate of drug-likeness (QED) is 0.335. The first-order valence-corrected chi connectivity index (χ1v) is 6.18. The maximum absolute atomic E-state index is 5.65. The Morgan fingerprint density at radius 1 is 1.31 bits per heavy atom. The Hall–Kier alpha value is -0.610. The number of hydrogen-bond donors (Lipinski definition) is 2. The van der Waals surface area contributed by atoms with Crippen LogP contribution in [0.15, 0.2) is 4.99 Å². The van der Waals surface area contributed by atoms with E-state index in [1.807, 2.05) is 20.8 Å². The van der Waals surface area contributed by atoms with E-state index >= 15 is 0 Å². The van der Waals surface area contributed by atoms with Crippen LogP contribution in [0.1, 0.15) is 52.9 Å². The summed E-state index contributed by atoms with van der Waals surface area (Å²) in [5, 5.41) is 0. The van der Waals surface area contributed by atoms with Crippen molar-refractivity contribution in [1.29, 1.82) is 0 Å². The van der Waals surface area contributed by atoms with Crippen molar-refractivity contribution in [1.82, 2.24) is 5.43 Å². The molecule has 1 rings (SSSR count). The third-order valence-electron chi connectivity index (χ3n) is 2.72. The number of hydrogen-bond acceptors (Lipinski definition) is 3. The third kappa shape index (κ3) is 5.47. The number of nitrogens with zero attached hydrogens (tertiary/aromatic N) is 1. The standard InChI is InChI=1S/C12H25N3O/c1-12(2,3)16-9-11(15-13)14-10-7-5-4-6-8-10/h10H,4-9,13H2,1-3H3,(H,14,15). The van der Waals surface area contributed by atoms with Crippen LogP contribution >= 0.6 is 0 Å². The molecule has 4 heteroatoms. The Labute approximate surface area is 98.6 Å². The van der Waals surface area contributed by atoms with Gasteiger partial charge >= 0.3 is 0 Å². The molecule has 0 spiro atoms. The van der Waals surface area contributed by atoms with Crippen molar-refractivity contribution in [2.45, 2.75) is 64.5 Å². The molecule has 0 unspecified atom stereocenters. The van der Waals surface area contributed by atoms with Crippen LogP contribution in [0, 0.1) is 0 Å². The zero-order valence-electron chi connectivity index (χ0n) is 10.8. The molecular formula is C12H25N3O. The van der Waals surface area contributed by atoms with Gasteiger partial charge in [-0.05, 0) is 33.6 Å². The molecule has 16 heavy (non-hydrogen) atoms. The van der Waals surface area contributed by atoms with E-state index in [0.717, 1.165) is 5.84 Å². The van der Waals surface area contributed by atoms with Crippen molar-refractivity contribution < 1.29 is 4.74 Å². The Morgan fingerprint density at radius 2 is 1.94 bits per heavy atom. The Morgan fingerprint density at radius 3 is 2.44 bits per heavy atom. The Bertz CT molecular complexity index is 227. The summed E-state index contributed by atoms with van der Waals surface area (Å²) in [6, 6.07) is 0.434. The van der Waals surface area contributed by atoms with E-state index < -0.39 is 0 Å². The molecule has 3 N–H and O–H groups in total. The van der Waals surface area contributed by atoms with Crippen LogP contribution in [0.4, 0.5) is 0 Å². The maximum Gasteiger partial charge on any atom is 0.137 e. The molecule has 94 valence electrons. The van der Waals surface area contributed by atoms with E-state index in [-0.39, 0.29) is 5.60 Å². The molecule has 0 radical (unpaired) electrons. The summed E-state index contributed by atoms with van der Waals surface area (Å²) in [4.78, 5) is 4.61. The van der Waals surface area contributed by atoms with Gasteiger partial charge in [-0.15, -0.1) is 0 Å². The van der Waals surface area contributed by atoms with Gasteiger partial charge in [-0.2, -0.15) is 0 Å². The first kappa shape index (κ1) is 13.5. The normalized spacial score (nSPS) is 19.9. The third-order valence-corrected chi connectivity index (χ3v) is 2.72. The van der Waals surface area contributed by atoms with Crippen LogP contribution in [0.25, 0.3) is 0 Å². The van der Waals surface area contributed by atoms with Crippen molar-refractivity contribution in [2.24, 2.45) is 10.8 Å². The summed E-state index contributed by atoms with van der Waals surface area (Å²) in [6.45, 7) is 6.56. The van der Waals surface area contributed by atoms with Crippen molar-refractivity contribution in [3.8, 4) is 0 Å². The van der Waals surface area contributed by atoms with Crippen LogP contribution in [0.3, 0.4) is 0 Å². The fourth-order valence-corrected chi connectivity index (χ4v) is 1.83. The van der Waals surface area contributed by atoms with Crippen molar-refractivity contribution in [3.05, 3.63) is 0 Å². The molecule has 0 atom stereocenters. The van der Waals surface area contributed by atoms with Gasteiger partial charge in [0.15, 0.2) is 0 Å². The number of ether oxygens (including phenoxy) is 1. The molecule has 0 aromatic heterocycles. The van der Waals surface area contributed by atoms with Crippen LogP contribution in [0.5, 0.6) is 0 Å². The predicted molar refractivity (Wildman–Crippen MR) is 67.3 cm³/mol. The zero-order chi connectivity index (χ0) is 12.0. The van der Waals surface area contributed by atoms with E-state index in [0.29, 0.717) is 12.6 Å². The minimum Gasteiger partial charge on any atom is -0.368 e. The summed E-state index contributed by atoms with van der Waals surface area (Å²) in [7, 11) is 0. The van der Waals surface area contributed by atoms with Crippen molar-refractivity contribution in [3.63, 3.8) is 0 Å². The Kier molecular flexibility index (Phi) is 5.22. The molecule has 1 saturated carbocycles. The number of nitrogens with two attached hydrogens (primary N) is 1. The zero-order valence-corrected chi connectivity index (χ0v) is 10.8. The highest BCUT2D eigenvalue weighted by atomic mass is 16.5. The van der Waals surface area contributed by atoms with Gasteiger partial charge in [0.2, 0.25) is 0 Å². The summed E-state index contributed by atoms with van der Waals surface area (Å²) < 4.78 is 5.65. The lowest BCUT2D eigenvalue weighted by Gasteiger charge is -2.22. The maximum atomic E-state index is 5.65. The highest BCUT2D eigenvalue weighted by Crippen LogP contribution is 2.20. The molecule has 0 saturated heterocycles. The molecule has 0 heterocycles. The van der Waals surface area contributed by atoms with Gasteiger partial charge in [0.25, 0.3) is 0 Å². The smallest absolute Gasteiger partial charge is 0.137 e. The molecule has 0 aromatic carbocycles. The highest BCUT2D eigenvalue weighted by molar-refractivity contribution is 5.83. The molecule has 1 aliphatic rings. The van der Waals surface area contributed by atoms with Gasteiger partial charge in [0.05, 0.1) is 11.6 Å². The van der Waals surface area contributed by atoms with E-state index in [4.69, 9.17) is 10.6 Å². The van der Waals surface area contributed by atoms with Crippen LogP contribution in [-0.4, -0.2) is 24.1 Å². The number of aliphatic imine (C=N–C) groups is 1. The minimum absolute atomic E-state index is 0.149. The number of hydrazine groups is 1. The van der Waals surface area contributed by atoms with Gasteiger partial charge in [0.1, 0.15) is 12.4 Å². The lowest BCUT2D eigenvalue weighted by atomic mass is 9.96. The van der Waals surface area contributed by atoms with Gasteiger partial charge in [-0.25, -0.2) is 5.84 Å². The number of rotatable bonds is 3. The van der Waals surface area contributed by atoms with Crippen molar-refractivity contribution in [2.75, 3.05) is 6.61 Å². The monoisotopic (exact) mass is 227 g/mol. The van der Waals surface area contributed by atoms with E-state index in [1.165, 1.54) is 32.1 Å². The predicted octanol–water partition coefficient (Wildman–Crippen LogP) is 2.00. The van der Waals surface area contributed by atoms with Gasteiger partial charge in [0, 0.05) is 0 Å². The highest BCUT2D eigenvalue weighted by Gasteiger charge is 2.15. The molecular weight excluding hydrogens is 202 g/mol. The van der Waals surface area contributed by atoms with Gasteiger partial charge in [-0.3, -0.25) is 4.99 Å². The largest absolute Gasteiger partial charge is 0.368 e. The Balaban J connectivity index is 2.42. The van der Waals surface area contributed by atoms with E-state index in [1.54, 1.807) is 0 Å². The van der Waals surface area contributed by atoms with Crippen LogP contribution in [0.2, 0.25) is 0 Å². The number of amidine groups is 1. The van der Waals surface area contributed by atoms with E-state index in [9.17, 15) is 0 Å². The lowest BCUT2D eigenvalue weighted by molar-refractivity contribution is 0.0201.